The summed E-state index contributed by atoms with van der Waals surface area (Å²) >= 11 is 6.01. The molecule has 26 heavy (non-hydrogen) atoms. The molecule has 0 aliphatic heterocycles. The molecule has 0 fully saturated rings. The van der Waals surface area contributed by atoms with E-state index in [0.29, 0.717) is 16.2 Å². The molecule has 4 rings (SSSR count). The van der Waals surface area contributed by atoms with E-state index in [4.69, 9.17) is 16.6 Å². The molecule has 1 N–H and O–H groups in total. The predicted molar refractivity (Wildman–Crippen MR) is 106 cm³/mol. The molecule has 0 radical (unpaired) electrons. The molecule has 4 aromatic rings. The third-order valence-electron chi connectivity index (χ3n) is 4.69. The lowest BCUT2D eigenvalue weighted by Gasteiger charge is -2.18. The molecule has 2 heterocycles. The number of para-hydroxylation sites is 2. The maximum atomic E-state index is 9.73. The minimum absolute atomic E-state index is 0.625. The Balaban J connectivity index is 2.09. The van der Waals surface area contributed by atoms with Gasteiger partial charge in [0, 0.05) is 10.7 Å². The van der Waals surface area contributed by atoms with Crippen LogP contribution in [0.5, 0.6) is 0 Å². The van der Waals surface area contributed by atoms with Crippen LogP contribution in [0, 0.1) is 18.3 Å². The minimum Gasteiger partial charge on any atom is -0.341 e. The summed E-state index contributed by atoms with van der Waals surface area (Å²) in [5.41, 5.74) is 6.16. The highest BCUT2D eigenvalue weighted by molar-refractivity contribution is 6.30. The summed E-state index contributed by atoms with van der Waals surface area (Å²) in [5.74, 6) is 0.940. The van der Waals surface area contributed by atoms with Gasteiger partial charge in [-0.15, -0.1) is 0 Å². The molecule has 0 aliphatic rings. The standard InChI is InChI=1S/C21H17ClN4/c1-3-16-13(2)17(12-23)21-25-18-6-4-5-7-19(18)26(21)20(16)24-15-10-8-14(22)9-11-15/h4-11,24H,3H2,1-2H3. The number of anilines is 2. The number of fused-ring (bicyclic) bond motifs is 3. The SMILES string of the molecule is CCc1c(C)c(C#N)c2nc3ccccc3n2c1Nc1ccc(Cl)cc1. The second-order valence-electron chi connectivity index (χ2n) is 6.18. The van der Waals surface area contributed by atoms with E-state index in [1.54, 1.807) is 0 Å². The summed E-state index contributed by atoms with van der Waals surface area (Å²) in [6.07, 6.45) is 0.804. The Kier molecular flexibility index (Phi) is 4.02. The zero-order valence-corrected chi connectivity index (χ0v) is 15.3. The zero-order chi connectivity index (χ0) is 18.3. The average molecular weight is 361 g/mol. The van der Waals surface area contributed by atoms with Crippen molar-refractivity contribution in [2.75, 3.05) is 5.32 Å². The number of halogens is 1. The first-order valence-corrected chi connectivity index (χ1v) is 8.87. The summed E-state index contributed by atoms with van der Waals surface area (Å²) in [5, 5.41) is 13.9. The smallest absolute Gasteiger partial charge is 0.157 e. The van der Waals surface area contributed by atoms with Gasteiger partial charge >= 0.3 is 0 Å². The Bertz CT molecular complexity index is 1170. The molecule has 0 spiro atoms. The van der Waals surface area contributed by atoms with Crippen LogP contribution in [0.3, 0.4) is 0 Å². The monoisotopic (exact) mass is 360 g/mol. The van der Waals surface area contributed by atoms with Gasteiger partial charge in [-0.2, -0.15) is 5.26 Å². The number of aromatic nitrogens is 2. The van der Waals surface area contributed by atoms with E-state index < -0.39 is 0 Å². The molecule has 0 atom stereocenters. The fourth-order valence-corrected chi connectivity index (χ4v) is 3.54. The maximum Gasteiger partial charge on any atom is 0.157 e. The van der Waals surface area contributed by atoms with Crippen molar-refractivity contribution in [3.63, 3.8) is 0 Å². The number of rotatable bonds is 3. The largest absolute Gasteiger partial charge is 0.341 e. The summed E-state index contributed by atoms with van der Waals surface area (Å²) < 4.78 is 2.05. The molecule has 5 heteroatoms. The molecular formula is C21H17ClN4. The molecule has 4 nitrogen and oxygen atoms in total. The maximum absolute atomic E-state index is 9.73. The highest BCUT2D eigenvalue weighted by atomic mass is 35.5. The van der Waals surface area contributed by atoms with Crippen LogP contribution in [0.1, 0.15) is 23.6 Å². The average Bonchev–Trinajstić information content (AvgIpc) is 3.03. The van der Waals surface area contributed by atoms with Crippen LogP contribution < -0.4 is 5.32 Å². The number of nitrogens with zero attached hydrogens (tertiary/aromatic N) is 3. The van der Waals surface area contributed by atoms with Gasteiger partial charge in [-0.25, -0.2) is 4.98 Å². The normalized spacial score (nSPS) is 11.0. The Hall–Kier alpha value is -3.03. The molecule has 0 amide bonds. The summed E-state index contributed by atoms with van der Waals surface area (Å²) in [7, 11) is 0. The van der Waals surface area contributed by atoms with Gasteiger partial charge in [0.05, 0.1) is 16.6 Å². The second kappa shape index (κ2) is 6.36. The van der Waals surface area contributed by atoms with Crippen LogP contribution in [0.25, 0.3) is 16.7 Å². The molecule has 0 unspecified atom stereocenters. The van der Waals surface area contributed by atoms with Crippen molar-refractivity contribution in [2.24, 2.45) is 0 Å². The Morgan fingerprint density at radius 2 is 1.88 bits per heavy atom. The van der Waals surface area contributed by atoms with Gasteiger partial charge in [-0.1, -0.05) is 30.7 Å². The van der Waals surface area contributed by atoms with Crippen molar-refractivity contribution >= 4 is 39.8 Å². The lowest BCUT2D eigenvalue weighted by Crippen LogP contribution is -2.07. The van der Waals surface area contributed by atoms with Gasteiger partial charge in [-0.3, -0.25) is 4.40 Å². The molecule has 0 aliphatic carbocycles. The highest BCUT2D eigenvalue weighted by Gasteiger charge is 2.19. The lowest BCUT2D eigenvalue weighted by molar-refractivity contribution is 1.05. The third-order valence-corrected chi connectivity index (χ3v) is 4.95. The van der Waals surface area contributed by atoms with E-state index in [1.807, 2.05) is 59.9 Å². The molecule has 2 aromatic carbocycles. The lowest BCUT2D eigenvalue weighted by atomic mass is 10.0. The number of imidazole rings is 1. The van der Waals surface area contributed by atoms with E-state index in [1.165, 1.54) is 0 Å². The summed E-state index contributed by atoms with van der Waals surface area (Å²) in [6, 6.07) is 17.9. The van der Waals surface area contributed by atoms with Crippen molar-refractivity contribution in [3.8, 4) is 6.07 Å². The van der Waals surface area contributed by atoms with E-state index >= 15 is 0 Å². The Morgan fingerprint density at radius 3 is 2.58 bits per heavy atom. The third kappa shape index (κ3) is 2.49. The van der Waals surface area contributed by atoms with Crippen molar-refractivity contribution < 1.29 is 0 Å². The topological polar surface area (TPSA) is 53.1 Å². The van der Waals surface area contributed by atoms with Crippen LogP contribution >= 0.6 is 11.6 Å². The second-order valence-corrected chi connectivity index (χ2v) is 6.62. The number of hydrogen-bond donors (Lipinski definition) is 1. The zero-order valence-electron chi connectivity index (χ0n) is 14.5. The summed E-state index contributed by atoms with van der Waals surface area (Å²) in [4.78, 5) is 4.72. The van der Waals surface area contributed by atoms with Crippen molar-refractivity contribution in [3.05, 3.63) is 70.2 Å². The van der Waals surface area contributed by atoms with Gasteiger partial charge in [0.2, 0.25) is 0 Å². The fraction of sp³-hybridized carbons (Fsp3) is 0.143. The van der Waals surface area contributed by atoms with Crippen LogP contribution in [0.2, 0.25) is 5.02 Å². The van der Waals surface area contributed by atoms with E-state index in [9.17, 15) is 5.26 Å². The van der Waals surface area contributed by atoms with Gasteiger partial charge in [0.1, 0.15) is 11.9 Å². The summed E-state index contributed by atoms with van der Waals surface area (Å²) in [6.45, 7) is 4.09. The molecule has 0 saturated carbocycles. The van der Waals surface area contributed by atoms with Crippen LogP contribution in [0.15, 0.2) is 48.5 Å². The molecule has 128 valence electrons. The molecule has 2 aromatic heterocycles. The Morgan fingerprint density at radius 1 is 1.15 bits per heavy atom. The van der Waals surface area contributed by atoms with Crippen molar-refractivity contribution in [1.29, 1.82) is 5.26 Å². The quantitative estimate of drug-likeness (QED) is 0.515. The molecule has 0 saturated heterocycles. The number of nitrogens with one attached hydrogen (secondary N) is 1. The van der Waals surface area contributed by atoms with Gasteiger partial charge in [0.15, 0.2) is 5.65 Å². The molecular weight excluding hydrogens is 344 g/mol. The van der Waals surface area contributed by atoms with Crippen LogP contribution in [-0.4, -0.2) is 9.38 Å². The highest BCUT2D eigenvalue weighted by Crippen LogP contribution is 2.33. The van der Waals surface area contributed by atoms with Gasteiger partial charge in [0.25, 0.3) is 0 Å². The van der Waals surface area contributed by atoms with Crippen LogP contribution in [0.4, 0.5) is 11.5 Å². The van der Waals surface area contributed by atoms with Crippen molar-refractivity contribution in [1.82, 2.24) is 9.38 Å². The first kappa shape index (κ1) is 16.4. The number of benzene rings is 2. The fourth-order valence-electron chi connectivity index (χ4n) is 3.42. The van der Waals surface area contributed by atoms with Crippen molar-refractivity contribution in [2.45, 2.75) is 20.3 Å². The first-order valence-electron chi connectivity index (χ1n) is 8.49. The predicted octanol–water partition coefficient (Wildman–Crippen LogP) is 5.63. The number of pyridine rings is 1. The van der Waals surface area contributed by atoms with Crippen LogP contribution in [-0.2, 0) is 6.42 Å². The Labute approximate surface area is 156 Å². The van der Waals surface area contributed by atoms with E-state index in [2.05, 4.69) is 18.3 Å². The number of nitriles is 1. The molecule has 0 bridgehead atoms. The van der Waals surface area contributed by atoms with E-state index in [-0.39, 0.29) is 0 Å². The first-order chi connectivity index (χ1) is 12.6. The van der Waals surface area contributed by atoms with Gasteiger partial charge < -0.3 is 5.32 Å². The minimum atomic E-state index is 0.625. The number of hydrogen-bond acceptors (Lipinski definition) is 3. The van der Waals surface area contributed by atoms with Gasteiger partial charge in [-0.05, 0) is 60.9 Å². The van der Waals surface area contributed by atoms with E-state index in [0.717, 1.165) is 40.1 Å².